The Kier molecular flexibility index (Phi) is 6.49. The number of halogens is 1. The van der Waals surface area contributed by atoms with Gasteiger partial charge >= 0.3 is 6.09 Å². The van der Waals surface area contributed by atoms with E-state index < -0.39 is 18.0 Å². The van der Waals surface area contributed by atoms with Crippen LogP contribution in [0.25, 0.3) is 0 Å². The third kappa shape index (κ3) is 5.10. The van der Waals surface area contributed by atoms with Crippen LogP contribution in [-0.4, -0.2) is 45.7 Å². The van der Waals surface area contributed by atoms with Crippen molar-refractivity contribution in [1.82, 2.24) is 14.9 Å². The SMILES string of the molecule is O=C(N=Cc1nccnc1Cl)[C@@H]1CCCCN1C(=O)OCc1ccccc1. The number of piperidine rings is 1. The van der Waals surface area contributed by atoms with E-state index in [0.29, 0.717) is 18.7 Å². The number of aliphatic imine (C=N–C) groups is 1. The van der Waals surface area contributed by atoms with Crippen LogP contribution >= 0.6 is 11.6 Å². The molecular formula is C19H19ClN4O3. The number of carbonyl (C=O) groups is 2. The summed E-state index contributed by atoms with van der Waals surface area (Å²) >= 11 is 5.91. The standard InChI is InChI=1S/C19H19ClN4O3/c20-17-15(21-9-10-22-17)12-23-18(25)16-8-4-5-11-24(16)19(26)27-13-14-6-2-1-3-7-14/h1-3,6-7,9-10,12,16H,4-5,8,11,13H2/t16-/m0/s1. The van der Waals surface area contributed by atoms with E-state index in [9.17, 15) is 9.59 Å². The quantitative estimate of drug-likeness (QED) is 0.753. The fourth-order valence-corrected chi connectivity index (χ4v) is 2.99. The molecule has 2 amide bonds. The molecule has 27 heavy (non-hydrogen) atoms. The smallest absolute Gasteiger partial charge is 0.410 e. The van der Waals surface area contributed by atoms with Gasteiger partial charge in [0.1, 0.15) is 18.3 Å². The molecule has 8 heteroatoms. The predicted molar refractivity (Wildman–Crippen MR) is 101 cm³/mol. The molecule has 1 aromatic carbocycles. The number of ether oxygens (including phenoxy) is 1. The third-order valence-corrected chi connectivity index (χ3v) is 4.51. The molecule has 0 radical (unpaired) electrons. The lowest BCUT2D eigenvalue weighted by molar-refractivity contribution is -0.123. The number of carbonyl (C=O) groups excluding carboxylic acids is 2. The molecule has 1 fully saturated rings. The van der Waals surface area contributed by atoms with Gasteiger partial charge in [0, 0.05) is 18.9 Å². The number of likely N-dealkylation sites (tertiary alicyclic amines) is 1. The molecule has 0 aliphatic carbocycles. The summed E-state index contributed by atoms with van der Waals surface area (Å²) in [4.78, 5) is 38.3. The van der Waals surface area contributed by atoms with Crippen molar-refractivity contribution in [1.29, 1.82) is 0 Å². The molecule has 1 aliphatic heterocycles. The van der Waals surface area contributed by atoms with Crippen LogP contribution < -0.4 is 0 Å². The lowest BCUT2D eigenvalue weighted by Gasteiger charge is -2.32. The molecule has 0 saturated carbocycles. The molecule has 1 atom stereocenters. The van der Waals surface area contributed by atoms with E-state index in [0.717, 1.165) is 18.4 Å². The van der Waals surface area contributed by atoms with Crippen molar-refractivity contribution >= 4 is 29.8 Å². The van der Waals surface area contributed by atoms with Gasteiger partial charge in [-0.15, -0.1) is 0 Å². The Morgan fingerprint density at radius 3 is 2.78 bits per heavy atom. The topological polar surface area (TPSA) is 84.8 Å². The molecular weight excluding hydrogens is 368 g/mol. The molecule has 1 aromatic heterocycles. The molecule has 7 nitrogen and oxygen atoms in total. The second kappa shape index (κ2) is 9.23. The normalized spacial score (nSPS) is 17.1. The van der Waals surface area contributed by atoms with Gasteiger partial charge in [-0.25, -0.2) is 14.8 Å². The fourth-order valence-electron chi connectivity index (χ4n) is 2.84. The average Bonchev–Trinajstić information content (AvgIpc) is 2.72. The van der Waals surface area contributed by atoms with Gasteiger partial charge in [0.05, 0.1) is 6.21 Å². The van der Waals surface area contributed by atoms with Crippen molar-refractivity contribution in [2.45, 2.75) is 31.9 Å². The molecule has 140 valence electrons. The Morgan fingerprint density at radius 1 is 1.22 bits per heavy atom. The van der Waals surface area contributed by atoms with Crippen LogP contribution in [0.4, 0.5) is 4.79 Å². The lowest BCUT2D eigenvalue weighted by Crippen LogP contribution is -2.47. The maximum atomic E-state index is 12.5. The zero-order chi connectivity index (χ0) is 19.1. The number of aromatic nitrogens is 2. The summed E-state index contributed by atoms with van der Waals surface area (Å²) in [6.07, 6.45) is 5.90. The number of hydrogen-bond donors (Lipinski definition) is 0. The van der Waals surface area contributed by atoms with Gasteiger partial charge in [-0.1, -0.05) is 41.9 Å². The average molecular weight is 387 g/mol. The number of amides is 2. The number of hydrogen-bond acceptors (Lipinski definition) is 5. The van der Waals surface area contributed by atoms with E-state index in [1.807, 2.05) is 30.3 Å². The largest absolute Gasteiger partial charge is 0.445 e. The summed E-state index contributed by atoms with van der Waals surface area (Å²) in [6, 6.07) is 8.76. The Bertz CT molecular complexity index is 829. The first-order valence-corrected chi connectivity index (χ1v) is 9.04. The number of rotatable bonds is 4. The Labute approximate surface area is 162 Å². The Balaban J connectivity index is 1.64. The van der Waals surface area contributed by atoms with Crippen LogP contribution in [0.1, 0.15) is 30.5 Å². The van der Waals surface area contributed by atoms with Gasteiger partial charge in [0.15, 0.2) is 5.15 Å². The molecule has 0 N–H and O–H groups in total. The van der Waals surface area contributed by atoms with Crippen LogP contribution in [0, 0.1) is 0 Å². The van der Waals surface area contributed by atoms with Gasteiger partial charge in [-0.2, -0.15) is 0 Å². The fraction of sp³-hybridized carbons (Fsp3) is 0.316. The van der Waals surface area contributed by atoms with Crippen molar-refractivity contribution in [2.75, 3.05) is 6.54 Å². The van der Waals surface area contributed by atoms with E-state index in [-0.39, 0.29) is 11.8 Å². The highest BCUT2D eigenvalue weighted by Gasteiger charge is 2.32. The molecule has 2 heterocycles. The zero-order valence-corrected chi connectivity index (χ0v) is 15.4. The summed E-state index contributed by atoms with van der Waals surface area (Å²) in [5, 5.41) is 0.164. The van der Waals surface area contributed by atoms with Crippen LogP contribution in [0.5, 0.6) is 0 Å². The first-order chi connectivity index (χ1) is 13.1. The van der Waals surface area contributed by atoms with E-state index in [2.05, 4.69) is 15.0 Å². The highest BCUT2D eigenvalue weighted by Crippen LogP contribution is 2.20. The lowest BCUT2D eigenvalue weighted by atomic mass is 10.0. The van der Waals surface area contributed by atoms with Gasteiger partial charge in [0.25, 0.3) is 5.91 Å². The van der Waals surface area contributed by atoms with E-state index >= 15 is 0 Å². The minimum Gasteiger partial charge on any atom is -0.445 e. The van der Waals surface area contributed by atoms with Crippen molar-refractivity contribution < 1.29 is 14.3 Å². The van der Waals surface area contributed by atoms with Crippen LogP contribution in [0.3, 0.4) is 0 Å². The van der Waals surface area contributed by atoms with Gasteiger partial charge in [0.2, 0.25) is 0 Å². The Hall–Kier alpha value is -2.80. The van der Waals surface area contributed by atoms with Crippen molar-refractivity contribution in [3.63, 3.8) is 0 Å². The summed E-state index contributed by atoms with van der Waals surface area (Å²) in [6.45, 7) is 0.626. The highest BCUT2D eigenvalue weighted by atomic mass is 35.5. The zero-order valence-electron chi connectivity index (χ0n) is 14.6. The van der Waals surface area contributed by atoms with Gasteiger partial charge in [-0.05, 0) is 24.8 Å². The van der Waals surface area contributed by atoms with Crippen molar-refractivity contribution in [2.24, 2.45) is 4.99 Å². The highest BCUT2D eigenvalue weighted by molar-refractivity contribution is 6.31. The molecule has 0 unspecified atom stereocenters. The molecule has 1 aliphatic rings. The molecule has 0 spiro atoms. The van der Waals surface area contributed by atoms with Crippen LogP contribution in [0.2, 0.25) is 5.15 Å². The minimum atomic E-state index is -0.645. The Morgan fingerprint density at radius 2 is 2.00 bits per heavy atom. The van der Waals surface area contributed by atoms with Gasteiger partial charge < -0.3 is 4.74 Å². The number of nitrogens with zero attached hydrogens (tertiary/aromatic N) is 4. The van der Waals surface area contributed by atoms with E-state index in [4.69, 9.17) is 16.3 Å². The monoisotopic (exact) mass is 386 g/mol. The maximum Gasteiger partial charge on any atom is 0.410 e. The number of benzene rings is 1. The second-order valence-electron chi connectivity index (χ2n) is 6.07. The van der Waals surface area contributed by atoms with Crippen LogP contribution in [-0.2, 0) is 16.1 Å². The molecule has 2 aromatic rings. The van der Waals surface area contributed by atoms with Crippen molar-refractivity contribution in [3.8, 4) is 0 Å². The third-order valence-electron chi connectivity index (χ3n) is 4.22. The summed E-state index contributed by atoms with van der Waals surface area (Å²) in [5.41, 5.74) is 1.20. The minimum absolute atomic E-state index is 0.162. The molecule has 3 rings (SSSR count). The first-order valence-electron chi connectivity index (χ1n) is 8.67. The van der Waals surface area contributed by atoms with Gasteiger partial charge in [-0.3, -0.25) is 14.7 Å². The van der Waals surface area contributed by atoms with Crippen LogP contribution in [0.15, 0.2) is 47.7 Å². The summed E-state index contributed by atoms with van der Waals surface area (Å²) in [7, 11) is 0. The summed E-state index contributed by atoms with van der Waals surface area (Å²) in [5.74, 6) is -0.423. The summed E-state index contributed by atoms with van der Waals surface area (Å²) < 4.78 is 5.37. The maximum absolute atomic E-state index is 12.5. The predicted octanol–water partition coefficient (Wildman–Crippen LogP) is 3.27. The first kappa shape index (κ1) is 19.0. The molecule has 1 saturated heterocycles. The van der Waals surface area contributed by atoms with Crippen molar-refractivity contribution in [3.05, 3.63) is 59.1 Å². The second-order valence-corrected chi connectivity index (χ2v) is 6.43. The molecule has 0 bridgehead atoms. The van der Waals surface area contributed by atoms with E-state index in [1.165, 1.54) is 23.5 Å². The van der Waals surface area contributed by atoms with E-state index in [1.54, 1.807) is 0 Å².